The third-order valence-electron chi connectivity index (χ3n) is 3.84. The molecular weight excluding hydrogens is 306 g/mol. The van der Waals surface area contributed by atoms with Crippen molar-refractivity contribution in [1.29, 1.82) is 0 Å². The van der Waals surface area contributed by atoms with Crippen LogP contribution in [0, 0.1) is 5.92 Å². The highest BCUT2D eigenvalue weighted by Crippen LogP contribution is 2.52. The van der Waals surface area contributed by atoms with Crippen LogP contribution in [0.3, 0.4) is 0 Å². The van der Waals surface area contributed by atoms with Gasteiger partial charge in [0.1, 0.15) is 0 Å². The molecule has 0 unspecified atom stereocenters. The highest BCUT2D eigenvalue weighted by Gasteiger charge is 2.40. The van der Waals surface area contributed by atoms with Gasteiger partial charge in [-0.2, -0.15) is 0 Å². The van der Waals surface area contributed by atoms with Gasteiger partial charge in [0.15, 0.2) is 23.3 Å². The third-order valence-corrected chi connectivity index (χ3v) is 3.84. The molecule has 0 spiro atoms. The van der Waals surface area contributed by atoms with E-state index in [0.29, 0.717) is 28.6 Å². The molecule has 3 N–H and O–H groups in total. The quantitative estimate of drug-likeness (QED) is 0.471. The van der Waals surface area contributed by atoms with Crippen LogP contribution in [-0.4, -0.2) is 32.6 Å². The first-order valence-corrected chi connectivity index (χ1v) is 6.91. The fourth-order valence-electron chi connectivity index (χ4n) is 2.69. The molecule has 0 radical (unpaired) electrons. The molecule has 2 heterocycles. The Labute approximate surface area is 132 Å². The topological polar surface area (TPSA) is 114 Å². The summed E-state index contributed by atoms with van der Waals surface area (Å²) in [7, 11) is 3.04. The van der Waals surface area contributed by atoms with E-state index in [1.54, 1.807) is 6.07 Å². The van der Waals surface area contributed by atoms with E-state index in [9.17, 15) is 4.79 Å². The number of fused-ring (bicyclic) bond motifs is 1. The molecule has 1 aromatic carbocycles. The summed E-state index contributed by atoms with van der Waals surface area (Å²) in [6, 6.07) is 1.73. The van der Waals surface area contributed by atoms with Gasteiger partial charge in [-0.1, -0.05) is 12.1 Å². The van der Waals surface area contributed by atoms with Crippen molar-refractivity contribution in [2.45, 2.75) is 13.0 Å². The molecule has 1 aromatic rings. The number of ether oxygens (including phenoxy) is 4. The van der Waals surface area contributed by atoms with Crippen molar-refractivity contribution < 1.29 is 28.6 Å². The van der Waals surface area contributed by atoms with E-state index in [0.717, 1.165) is 0 Å². The van der Waals surface area contributed by atoms with Gasteiger partial charge >= 0.3 is 0 Å². The molecule has 2 aliphatic heterocycles. The van der Waals surface area contributed by atoms with E-state index < -0.39 is 12.0 Å². The van der Waals surface area contributed by atoms with Crippen molar-refractivity contribution in [3.63, 3.8) is 0 Å². The average Bonchev–Trinajstić information content (AvgIpc) is 3.19. The minimum atomic E-state index is -0.541. The van der Waals surface area contributed by atoms with Crippen LogP contribution in [0.25, 0.3) is 0 Å². The highest BCUT2D eigenvalue weighted by atomic mass is 16.7. The lowest BCUT2D eigenvalue weighted by atomic mass is 9.92. The van der Waals surface area contributed by atoms with Crippen LogP contribution in [0.1, 0.15) is 18.6 Å². The monoisotopic (exact) mass is 323 g/mol. The Morgan fingerprint density at radius 3 is 2.74 bits per heavy atom. The Balaban J connectivity index is 2.03. The predicted molar refractivity (Wildman–Crippen MR) is 78.4 cm³/mol. The molecule has 2 atom stereocenters. The lowest BCUT2D eigenvalue weighted by Crippen LogP contribution is -2.38. The Morgan fingerprint density at radius 2 is 2.09 bits per heavy atom. The van der Waals surface area contributed by atoms with Gasteiger partial charge in [-0.3, -0.25) is 10.2 Å². The second-order valence-corrected chi connectivity index (χ2v) is 5.03. The van der Waals surface area contributed by atoms with Crippen molar-refractivity contribution in [1.82, 2.24) is 5.43 Å². The van der Waals surface area contributed by atoms with E-state index in [-0.39, 0.29) is 18.4 Å². The number of rotatable bonds is 4. The number of nitrogens with one attached hydrogen (secondary N) is 1. The second-order valence-electron chi connectivity index (χ2n) is 5.03. The van der Waals surface area contributed by atoms with Gasteiger partial charge in [-0.05, 0) is 6.07 Å². The Bertz CT molecular complexity index is 675. The lowest BCUT2D eigenvalue weighted by molar-refractivity contribution is -0.115. The van der Waals surface area contributed by atoms with E-state index in [1.165, 1.54) is 14.2 Å². The molecule has 3 rings (SSSR count). The van der Waals surface area contributed by atoms with E-state index >= 15 is 0 Å². The summed E-state index contributed by atoms with van der Waals surface area (Å²) in [6.07, 6.45) is -0.541. The van der Waals surface area contributed by atoms with Crippen molar-refractivity contribution in [3.05, 3.63) is 11.6 Å². The molecule has 0 fully saturated rings. The molecule has 0 aromatic heterocycles. The number of oxime groups is 1. The third kappa shape index (κ3) is 2.29. The molecule has 0 saturated carbocycles. The summed E-state index contributed by atoms with van der Waals surface area (Å²) in [6.45, 7) is 1.88. The van der Waals surface area contributed by atoms with Crippen LogP contribution in [-0.2, 0) is 9.63 Å². The average molecular weight is 323 g/mol. The number of carbonyl (C=O) groups is 1. The molecule has 2 aliphatic rings. The number of hydrogen-bond donors (Lipinski definition) is 2. The summed E-state index contributed by atoms with van der Waals surface area (Å²) in [5.74, 6) is 6.18. The van der Waals surface area contributed by atoms with Gasteiger partial charge in [-0.15, -0.1) is 0 Å². The number of nitrogens with zero attached hydrogens (tertiary/aromatic N) is 1. The maximum Gasteiger partial charge on any atom is 0.283 e. The van der Waals surface area contributed by atoms with Crippen LogP contribution in [0.4, 0.5) is 0 Å². The fourth-order valence-corrected chi connectivity index (χ4v) is 2.69. The van der Waals surface area contributed by atoms with Crippen LogP contribution in [0.15, 0.2) is 11.2 Å². The summed E-state index contributed by atoms with van der Waals surface area (Å²) in [5.41, 5.74) is 2.90. The normalized spacial score (nSPS) is 21.5. The number of nitrogens with two attached hydrogens (primary N) is 1. The maximum absolute atomic E-state index is 11.7. The minimum absolute atomic E-state index is 0.0733. The fraction of sp³-hybridized carbons (Fsp3) is 0.429. The van der Waals surface area contributed by atoms with Crippen molar-refractivity contribution in [2.24, 2.45) is 16.9 Å². The van der Waals surface area contributed by atoms with Gasteiger partial charge < -0.3 is 23.8 Å². The number of hydrazine groups is 1. The van der Waals surface area contributed by atoms with Gasteiger partial charge in [0, 0.05) is 5.56 Å². The smallest absolute Gasteiger partial charge is 0.283 e. The first kappa shape index (κ1) is 15.2. The molecular formula is C14H17N3O6. The van der Waals surface area contributed by atoms with Gasteiger partial charge in [0.05, 0.1) is 20.1 Å². The van der Waals surface area contributed by atoms with Crippen LogP contribution >= 0.6 is 0 Å². The molecule has 0 bridgehead atoms. The maximum atomic E-state index is 11.7. The van der Waals surface area contributed by atoms with Crippen molar-refractivity contribution >= 4 is 11.6 Å². The van der Waals surface area contributed by atoms with Crippen LogP contribution in [0.2, 0.25) is 0 Å². The van der Waals surface area contributed by atoms with Gasteiger partial charge in [-0.25, -0.2) is 5.84 Å². The Morgan fingerprint density at radius 1 is 1.35 bits per heavy atom. The van der Waals surface area contributed by atoms with Crippen LogP contribution in [0.5, 0.6) is 23.0 Å². The number of benzene rings is 1. The first-order chi connectivity index (χ1) is 11.1. The summed E-state index contributed by atoms with van der Waals surface area (Å²) >= 11 is 0. The number of carbonyl (C=O) groups excluding carboxylic acids is 1. The SMILES string of the molecule is COc1cc([C@@H]2ON=C(C(=O)NN)[C@H]2C)c(OC)c2c1OCO2. The number of hydrogen-bond acceptors (Lipinski definition) is 8. The van der Waals surface area contributed by atoms with Gasteiger partial charge in [0.2, 0.25) is 18.3 Å². The number of amides is 1. The molecule has 1 amide bonds. The molecule has 9 heteroatoms. The predicted octanol–water partition coefficient (Wildman–Crippen LogP) is 0.486. The summed E-state index contributed by atoms with van der Waals surface area (Å²) in [4.78, 5) is 17.1. The van der Waals surface area contributed by atoms with Gasteiger partial charge in [0.25, 0.3) is 5.91 Å². The highest BCUT2D eigenvalue weighted by molar-refractivity contribution is 6.39. The Hall–Kier alpha value is -2.68. The van der Waals surface area contributed by atoms with Crippen LogP contribution < -0.4 is 30.2 Å². The zero-order valence-corrected chi connectivity index (χ0v) is 12.9. The molecule has 9 nitrogen and oxygen atoms in total. The minimum Gasteiger partial charge on any atom is -0.493 e. The van der Waals surface area contributed by atoms with E-state index in [1.807, 2.05) is 6.92 Å². The van der Waals surface area contributed by atoms with Crippen molar-refractivity contribution in [3.8, 4) is 23.0 Å². The zero-order chi connectivity index (χ0) is 16.6. The largest absolute Gasteiger partial charge is 0.493 e. The lowest BCUT2D eigenvalue weighted by Gasteiger charge is -2.19. The number of methoxy groups -OCH3 is 2. The molecule has 23 heavy (non-hydrogen) atoms. The zero-order valence-electron chi connectivity index (χ0n) is 12.9. The second kappa shape index (κ2) is 5.84. The van der Waals surface area contributed by atoms with Crippen molar-refractivity contribution in [2.75, 3.05) is 21.0 Å². The first-order valence-electron chi connectivity index (χ1n) is 6.91. The summed E-state index contributed by atoms with van der Waals surface area (Å²) < 4.78 is 21.7. The Kier molecular flexibility index (Phi) is 3.87. The molecule has 0 saturated heterocycles. The molecule has 124 valence electrons. The molecule has 0 aliphatic carbocycles. The van der Waals surface area contributed by atoms with E-state index in [4.69, 9.17) is 29.6 Å². The van der Waals surface area contributed by atoms with E-state index in [2.05, 4.69) is 10.6 Å². The summed E-state index contributed by atoms with van der Waals surface area (Å²) in [5, 5.41) is 3.83. The standard InChI is InChI=1S/C14H17N3O6/c1-6-9(14(18)16-15)17-23-10(6)7-4-8(19-2)12-13(11(7)20-3)22-5-21-12/h4,6,10H,5,15H2,1-3H3,(H,16,18)/t6-,10-/m1/s1.